The molecule has 8 N–H and O–H groups in total. The molecule has 45 heavy (non-hydrogen) atoms. The molecule has 13 heteroatoms. The molecule has 8 bridgehead atoms. The van der Waals surface area contributed by atoms with E-state index >= 15 is 0 Å². The van der Waals surface area contributed by atoms with E-state index in [9.17, 15) is 8.42 Å². The SMILES string of the molecule is O=[S-](=O)OC1CCCC2C3NC4NC(NC5NC(NC6NC(NC(N3)C12)C1CCCCC61)C1CCCCC51)C1CCCCC41.[AlH2+]. The fourth-order valence-corrected chi connectivity index (χ4v) is 12.6. The van der Waals surface area contributed by atoms with Gasteiger partial charge in [-0.15, -0.1) is 0 Å². The van der Waals surface area contributed by atoms with Crippen LogP contribution < -0.4 is 42.5 Å². The maximum absolute atomic E-state index is 11.8. The van der Waals surface area contributed by atoms with Gasteiger partial charge in [-0.1, -0.05) is 44.9 Å². The zero-order valence-corrected chi connectivity index (χ0v) is 29.9. The zero-order valence-electron chi connectivity index (χ0n) is 27.1. The van der Waals surface area contributed by atoms with E-state index in [0.717, 1.165) is 19.3 Å². The second kappa shape index (κ2) is 13.4. The van der Waals surface area contributed by atoms with Crippen LogP contribution in [0.15, 0.2) is 0 Å². The number of hydrogen-bond donors (Lipinski definition) is 8. The van der Waals surface area contributed by atoms with E-state index in [4.69, 9.17) is 4.18 Å². The Morgan fingerprint density at radius 3 is 1.00 bits per heavy atom. The Morgan fingerprint density at radius 2 is 0.667 bits per heavy atom. The Balaban J connectivity index is 0.00000300. The summed E-state index contributed by atoms with van der Waals surface area (Å²) in [7, 11) is -2.51. The van der Waals surface area contributed by atoms with Crippen LogP contribution in [0.1, 0.15) is 96.3 Å². The van der Waals surface area contributed by atoms with Gasteiger partial charge in [-0.05, 0) is 92.8 Å². The van der Waals surface area contributed by atoms with Gasteiger partial charge in [0.05, 0.1) is 60.3 Å². The molecule has 5 heterocycles. The molecule has 5 aliphatic heterocycles. The van der Waals surface area contributed by atoms with Crippen molar-refractivity contribution in [2.24, 2.45) is 47.3 Å². The van der Waals surface area contributed by atoms with Crippen LogP contribution in [0, 0.1) is 47.3 Å². The Labute approximate surface area is 281 Å². The van der Waals surface area contributed by atoms with Crippen molar-refractivity contribution in [3.63, 3.8) is 0 Å². The van der Waals surface area contributed by atoms with Gasteiger partial charge in [0.15, 0.2) is 0 Å². The van der Waals surface area contributed by atoms with Crippen LogP contribution in [-0.4, -0.2) is 72.8 Å². The second-order valence-corrected chi connectivity index (χ2v) is 16.6. The Morgan fingerprint density at radius 1 is 0.378 bits per heavy atom. The van der Waals surface area contributed by atoms with Crippen molar-refractivity contribution < 1.29 is 12.6 Å². The average Bonchev–Trinajstić information content (AvgIpc) is 3.77. The summed E-state index contributed by atoms with van der Waals surface area (Å²) in [5.74, 6) is 4.16. The number of rotatable bonds is 2. The first-order valence-electron chi connectivity index (χ1n) is 18.5. The molecule has 0 radical (unpaired) electrons. The van der Waals surface area contributed by atoms with Gasteiger partial charge in [0.2, 0.25) is 0 Å². The first-order chi connectivity index (χ1) is 21.6. The van der Waals surface area contributed by atoms with Crippen LogP contribution >= 0.6 is 0 Å². The fraction of sp³-hybridized carbons (Fsp3) is 1.00. The molecule has 252 valence electrons. The standard InChI is InChI=1S/C32H55N8O3S.Al.2H/c41-44(42)43-23-15-7-14-22-24(23)32-39-30-21-13-6-5-12-20(21)28(37-30)35-26-17-9-2-1-8-16(17)25(33-26)34-27-18-10-3-4-11-19(18)29(36-27)38-31(22)40-32;;;/h16-40H,1-15H2;;;/q-1;+1;;. The predicted molar refractivity (Wildman–Crippen MR) is 175 cm³/mol. The van der Waals surface area contributed by atoms with Crippen molar-refractivity contribution in [1.29, 1.82) is 0 Å². The summed E-state index contributed by atoms with van der Waals surface area (Å²) in [6.07, 6.45) is 20.0. The van der Waals surface area contributed by atoms with E-state index in [-0.39, 0.29) is 60.2 Å². The molecule has 0 aromatic heterocycles. The van der Waals surface area contributed by atoms with Crippen molar-refractivity contribution in [3.05, 3.63) is 0 Å². The van der Waals surface area contributed by atoms with Gasteiger partial charge in [0, 0.05) is 12.0 Å². The Kier molecular flexibility index (Phi) is 9.66. The molecule has 11 nitrogen and oxygen atoms in total. The molecule has 17 atom stereocenters. The summed E-state index contributed by atoms with van der Waals surface area (Å²) in [4.78, 5) is 0. The molecule has 9 rings (SSSR count). The van der Waals surface area contributed by atoms with E-state index in [1.165, 1.54) is 77.0 Å². The number of hydrogen-bond acceptors (Lipinski definition) is 12. The van der Waals surface area contributed by atoms with Gasteiger partial charge >= 0.3 is 17.4 Å². The first-order valence-corrected chi connectivity index (χ1v) is 19.5. The van der Waals surface area contributed by atoms with Crippen LogP contribution in [0.5, 0.6) is 0 Å². The molecule has 0 spiro atoms. The summed E-state index contributed by atoms with van der Waals surface area (Å²) in [6, 6.07) is 0. The van der Waals surface area contributed by atoms with Crippen molar-refractivity contribution >= 4 is 28.3 Å². The molecule has 9 fully saturated rings. The molecule has 4 aliphatic carbocycles. The predicted octanol–water partition coefficient (Wildman–Crippen LogP) is 0.909. The van der Waals surface area contributed by atoms with Gasteiger partial charge in [-0.25, -0.2) is 0 Å². The van der Waals surface area contributed by atoms with Crippen LogP contribution in [0.25, 0.3) is 0 Å². The maximum atomic E-state index is 11.8. The van der Waals surface area contributed by atoms with Gasteiger partial charge in [-0.3, -0.25) is 42.5 Å². The minimum absolute atomic E-state index is 0. The van der Waals surface area contributed by atoms with E-state index in [1.807, 2.05) is 0 Å². The van der Waals surface area contributed by atoms with Crippen molar-refractivity contribution in [2.75, 3.05) is 0 Å². The van der Waals surface area contributed by atoms with Crippen molar-refractivity contribution in [3.8, 4) is 0 Å². The third-order valence-corrected chi connectivity index (χ3v) is 14.4. The molecular weight excluding hydrogens is 603 g/mol. The van der Waals surface area contributed by atoms with Crippen molar-refractivity contribution in [1.82, 2.24) is 42.5 Å². The molecule has 17 unspecified atom stereocenters. The van der Waals surface area contributed by atoms with Gasteiger partial charge in [-0.2, -0.15) is 0 Å². The summed E-state index contributed by atoms with van der Waals surface area (Å²) in [5, 5.41) is 32.9. The summed E-state index contributed by atoms with van der Waals surface area (Å²) < 4.78 is 29.3. The van der Waals surface area contributed by atoms with Crippen LogP contribution in [0.3, 0.4) is 0 Å². The Bertz CT molecular complexity index is 1130. The van der Waals surface area contributed by atoms with Gasteiger partial charge < -0.3 is 12.6 Å². The molecule has 9 aliphatic rings. The fourth-order valence-electron chi connectivity index (χ4n) is 12.2. The first kappa shape index (κ1) is 32.3. The van der Waals surface area contributed by atoms with Crippen LogP contribution in [0.4, 0.5) is 0 Å². The monoisotopic (exact) mass is 660 g/mol. The molecule has 0 aromatic rings. The van der Waals surface area contributed by atoms with E-state index < -0.39 is 11.0 Å². The topological polar surface area (TPSA) is 140 Å². The number of fused-ring (bicyclic) bond motifs is 20. The van der Waals surface area contributed by atoms with E-state index in [1.54, 1.807) is 0 Å². The van der Waals surface area contributed by atoms with Gasteiger partial charge in [0.25, 0.3) is 0 Å². The van der Waals surface area contributed by atoms with Gasteiger partial charge in [0.1, 0.15) is 0 Å². The Hall–Kier alpha value is 0.122. The van der Waals surface area contributed by atoms with E-state index in [0.29, 0.717) is 59.9 Å². The normalized spacial score (nSPS) is 54.0. The third kappa shape index (κ3) is 5.91. The summed E-state index contributed by atoms with van der Waals surface area (Å²) >= 11 is 0. The summed E-state index contributed by atoms with van der Waals surface area (Å²) in [5.41, 5.74) is 0. The van der Waals surface area contributed by atoms with E-state index in [2.05, 4.69) is 42.5 Å². The third-order valence-electron chi connectivity index (χ3n) is 14.0. The minimum atomic E-state index is -2.51. The zero-order chi connectivity index (χ0) is 29.4. The average molecular weight is 661 g/mol. The quantitative estimate of drug-likeness (QED) is 0.159. The second-order valence-electron chi connectivity index (χ2n) is 16.0. The van der Waals surface area contributed by atoms with Crippen molar-refractivity contribution in [2.45, 2.75) is 152 Å². The molecular formula is C32H57AlN8O3S. The summed E-state index contributed by atoms with van der Waals surface area (Å²) in [6.45, 7) is 0. The molecule has 0 aromatic carbocycles. The van der Waals surface area contributed by atoms with Crippen LogP contribution in [-0.2, 0) is 23.6 Å². The molecule has 5 saturated heterocycles. The number of nitrogens with one attached hydrogen (secondary N) is 8. The molecule has 4 saturated carbocycles. The van der Waals surface area contributed by atoms with Crippen LogP contribution in [0.2, 0.25) is 0 Å². The molecule has 0 amide bonds.